The second-order valence-corrected chi connectivity index (χ2v) is 7.26. The molecule has 1 aliphatic carbocycles. The highest BCUT2D eigenvalue weighted by Gasteiger charge is 2.42. The number of aryl methyl sites for hydroxylation is 1. The van der Waals surface area contributed by atoms with E-state index in [0.717, 1.165) is 36.8 Å². The number of nitrogens with zero attached hydrogens (tertiary/aromatic N) is 1. The fraction of sp³-hybridized carbons (Fsp3) is 0.588. The number of benzene rings is 1. The Morgan fingerprint density at radius 3 is 2.77 bits per heavy atom. The van der Waals surface area contributed by atoms with E-state index in [4.69, 9.17) is 5.73 Å². The highest BCUT2D eigenvalue weighted by atomic mass is 79.9. The fourth-order valence-electron chi connectivity index (χ4n) is 3.80. The van der Waals surface area contributed by atoms with Gasteiger partial charge in [0.25, 0.3) is 0 Å². The van der Waals surface area contributed by atoms with E-state index in [1.165, 1.54) is 12.0 Å². The van der Waals surface area contributed by atoms with E-state index in [0.29, 0.717) is 30.2 Å². The first kappa shape index (κ1) is 17.8. The highest BCUT2D eigenvalue weighted by Crippen LogP contribution is 2.37. The zero-order chi connectivity index (χ0) is 14.8. The number of carbonyl (C=O) groups excluding carboxylic acids is 1. The first-order chi connectivity index (χ1) is 10.1. The van der Waals surface area contributed by atoms with Crippen molar-refractivity contribution < 1.29 is 4.79 Å². The van der Waals surface area contributed by atoms with Crippen LogP contribution in [-0.4, -0.2) is 29.9 Å². The minimum absolute atomic E-state index is 0. The van der Waals surface area contributed by atoms with Crippen molar-refractivity contribution in [1.29, 1.82) is 0 Å². The average Bonchev–Trinajstić information content (AvgIpc) is 3.04. The smallest absolute Gasteiger partial charge is 0.222 e. The van der Waals surface area contributed by atoms with Gasteiger partial charge in [0.1, 0.15) is 0 Å². The molecule has 1 heterocycles. The molecular weight excluding hydrogens is 364 g/mol. The Morgan fingerprint density at radius 1 is 1.27 bits per heavy atom. The molecule has 3 rings (SSSR count). The zero-order valence-electron chi connectivity index (χ0n) is 12.7. The summed E-state index contributed by atoms with van der Waals surface area (Å²) in [5.74, 6) is 1.52. The second-order valence-electron chi connectivity index (χ2n) is 6.41. The molecule has 0 radical (unpaired) electrons. The van der Waals surface area contributed by atoms with Gasteiger partial charge in [-0.15, -0.1) is 12.4 Å². The van der Waals surface area contributed by atoms with E-state index in [2.05, 4.69) is 28.1 Å². The molecule has 0 spiro atoms. The van der Waals surface area contributed by atoms with Crippen molar-refractivity contribution in [2.75, 3.05) is 13.1 Å². The van der Waals surface area contributed by atoms with Crippen LogP contribution in [0.5, 0.6) is 0 Å². The third-order valence-electron chi connectivity index (χ3n) is 5.06. The highest BCUT2D eigenvalue weighted by molar-refractivity contribution is 9.10. The van der Waals surface area contributed by atoms with E-state index in [1.807, 2.05) is 17.0 Å². The van der Waals surface area contributed by atoms with Crippen LogP contribution in [0, 0.1) is 11.8 Å². The minimum atomic E-state index is 0. The summed E-state index contributed by atoms with van der Waals surface area (Å²) in [7, 11) is 0. The predicted octanol–water partition coefficient (Wildman–Crippen LogP) is 3.39. The van der Waals surface area contributed by atoms with Crippen molar-refractivity contribution in [1.82, 2.24) is 4.90 Å². The van der Waals surface area contributed by atoms with Gasteiger partial charge in [0.05, 0.1) is 0 Å². The number of fused-ring (bicyclic) bond motifs is 1. The van der Waals surface area contributed by atoms with Gasteiger partial charge in [-0.05, 0) is 49.1 Å². The van der Waals surface area contributed by atoms with Gasteiger partial charge < -0.3 is 10.6 Å². The standard InChI is InChI=1S/C17H23BrN2O.ClH/c18-15-6-2-1-4-12(15)5-3-7-17(21)20-10-13-8-9-16(19)14(13)11-20;/h1-2,4,6,13-14,16H,3,5,7-11,19H2;1H. The van der Waals surface area contributed by atoms with Gasteiger partial charge in [-0.2, -0.15) is 0 Å². The molecule has 22 heavy (non-hydrogen) atoms. The molecule has 5 heteroatoms. The first-order valence-electron chi connectivity index (χ1n) is 7.92. The summed E-state index contributed by atoms with van der Waals surface area (Å²) in [6.45, 7) is 1.83. The molecule has 3 unspecified atom stereocenters. The Hall–Kier alpha value is -0.580. The Labute approximate surface area is 147 Å². The van der Waals surface area contributed by atoms with Crippen molar-refractivity contribution in [2.24, 2.45) is 17.6 Å². The molecule has 1 aliphatic heterocycles. The number of hydrogen-bond acceptors (Lipinski definition) is 2. The monoisotopic (exact) mass is 386 g/mol. The fourth-order valence-corrected chi connectivity index (χ4v) is 4.28. The van der Waals surface area contributed by atoms with Crippen LogP contribution in [0.3, 0.4) is 0 Å². The van der Waals surface area contributed by atoms with Crippen LogP contribution in [0.4, 0.5) is 0 Å². The summed E-state index contributed by atoms with van der Waals surface area (Å²) in [6, 6.07) is 8.55. The number of carbonyl (C=O) groups is 1. The van der Waals surface area contributed by atoms with Crippen LogP contribution >= 0.6 is 28.3 Å². The van der Waals surface area contributed by atoms with Crippen LogP contribution in [0.25, 0.3) is 0 Å². The number of likely N-dealkylation sites (tertiary alicyclic amines) is 1. The molecule has 122 valence electrons. The summed E-state index contributed by atoms with van der Waals surface area (Å²) >= 11 is 3.56. The van der Waals surface area contributed by atoms with Gasteiger partial charge in [0, 0.05) is 30.0 Å². The van der Waals surface area contributed by atoms with E-state index >= 15 is 0 Å². The Bertz CT molecular complexity index is 525. The van der Waals surface area contributed by atoms with Crippen LogP contribution in [-0.2, 0) is 11.2 Å². The molecule has 2 aliphatic rings. The van der Waals surface area contributed by atoms with Gasteiger partial charge in [-0.1, -0.05) is 34.1 Å². The van der Waals surface area contributed by atoms with Gasteiger partial charge in [0.2, 0.25) is 5.91 Å². The lowest BCUT2D eigenvalue weighted by Crippen LogP contribution is -2.33. The molecule has 3 nitrogen and oxygen atoms in total. The third-order valence-corrected chi connectivity index (χ3v) is 5.83. The van der Waals surface area contributed by atoms with Crippen LogP contribution in [0.2, 0.25) is 0 Å². The Kier molecular flexibility index (Phi) is 6.30. The molecule has 2 N–H and O–H groups in total. The summed E-state index contributed by atoms with van der Waals surface area (Å²) in [6.07, 6.45) is 4.86. The summed E-state index contributed by atoms with van der Waals surface area (Å²) in [5.41, 5.74) is 7.41. The maximum Gasteiger partial charge on any atom is 0.222 e. The van der Waals surface area contributed by atoms with Gasteiger partial charge in [0.15, 0.2) is 0 Å². The minimum Gasteiger partial charge on any atom is -0.342 e. The van der Waals surface area contributed by atoms with Crippen molar-refractivity contribution in [3.8, 4) is 0 Å². The van der Waals surface area contributed by atoms with Gasteiger partial charge in [-0.25, -0.2) is 0 Å². The third kappa shape index (κ3) is 3.84. The number of amides is 1. The molecule has 0 bridgehead atoms. The van der Waals surface area contributed by atoms with Crippen molar-refractivity contribution in [3.63, 3.8) is 0 Å². The van der Waals surface area contributed by atoms with E-state index in [-0.39, 0.29) is 12.4 Å². The molecule has 1 saturated carbocycles. The van der Waals surface area contributed by atoms with Crippen LogP contribution in [0.1, 0.15) is 31.2 Å². The first-order valence-corrected chi connectivity index (χ1v) is 8.71. The average molecular weight is 388 g/mol. The maximum absolute atomic E-state index is 12.3. The molecule has 0 aromatic heterocycles. The lowest BCUT2D eigenvalue weighted by Gasteiger charge is -2.18. The SMILES string of the molecule is Cl.NC1CCC2CN(C(=O)CCCc3ccccc3Br)CC12. The van der Waals surface area contributed by atoms with E-state index in [1.54, 1.807) is 0 Å². The second kappa shape index (κ2) is 7.80. The molecule has 1 saturated heterocycles. The zero-order valence-corrected chi connectivity index (χ0v) is 15.1. The summed E-state index contributed by atoms with van der Waals surface area (Å²) in [5, 5.41) is 0. The number of rotatable bonds is 4. The predicted molar refractivity (Wildman–Crippen MR) is 95.1 cm³/mol. The molecule has 2 fully saturated rings. The van der Waals surface area contributed by atoms with Crippen molar-refractivity contribution in [2.45, 2.75) is 38.1 Å². The summed E-state index contributed by atoms with van der Waals surface area (Å²) in [4.78, 5) is 14.4. The number of halogens is 2. The van der Waals surface area contributed by atoms with E-state index in [9.17, 15) is 4.79 Å². The van der Waals surface area contributed by atoms with E-state index < -0.39 is 0 Å². The Balaban J connectivity index is 0.00000176. The number of hydrogen-bond donors (Lipinski definition) is 1. The van der Waals surface area contributed by atoms with Crippen molar-refractivity contribution >= 4 is 34.2 Å². The molecule has 3 atom stereocenters. The van der Waals surface area contributed by atoms with Crippen LogP contribution in [0.15, 0.2) is 28.7 Å². The molecule has 1 aromatic carbocycles. The topological polar surface area (TPSA) is 46.3 Å². The quantitative estimate of drug-likeness (QED) is 0.861. The number of nitrogens with two attached hydrogens (primary N) is 1. The van der Waals surface area contributed by atoms with Gasteiger partial charge in [-0.3, -0.25) is 4.79 Å². The van der Waals surface area contributed by atoms with Crippen LogP contribution < -0.4 is 5.73 Å². The normalized spacial score (nSPS) is 26.6. The lowest BCUT2D eigenvalue weighted by atomic mass is 9.98. The Morgan fingerprint density at radius 2 is 2.05 bits per heavy atom. The lowest BCUT2D eigenvalue weighted by molar-refractivity contribution is -0.130. The summed E-state index contributed by atoms with van der Waals surface area (Å²) < 4.78 is 1.14. The van der Waals surface area contributed by atoms with Crippen molar-refractivity contribution in [3.05, 3.63) is 34.3 Å². The van der Waals surface area contributed by atoms with Gasteiger partial charge >= 0.3 is 0 Å². The largest absolute Gasteiger partial charge is 0.342 e. The maximum atomic E-state index is 12.3. The molecule has 1 aromatic rings. The molecular formula is C17H24BrClN2O. The molecule has 1 amide bonds.